The number of hydrogen-bond donors (Lipinski definition) is 1. The SMILES string of the molecule is CC(C)(CCC1[C@H]2CC/C=C/CC[C@@H]12)[Si](O)(c1ccccc1)c1ccccc1. The molecular weight excluding hydrogens is 356 g/mol. The fourth-order valence-electron chi connectivity index (χ4n) is 5.64. The Morgan fingerprint density at radius 3 is 1.75 bits per heavy atom. The first-order valence-corrected chi connectivity index (χ1v) is 13.0. The van der Waals surface area contributed by atoms with Gasteiger partial charge in [-0.05, 0) is 71.7 Å². The van der Waals surface area contributed by atoms with Crippen molar-refractivity contribution in [3.05, 3.63) is 72.8 Å². The third kappa shape index (κ3) is 3.65. The summed E-state index contributed by atoms with van der Waals surface area (Å²) in [4.78, 5) is 12.3. The van der Waals surface area contributed by atoms with Gasteiger partial charge < -0.3 is 4.80 Å². The topological polar surface area (TPSA) is 20.2 Å². The van der Waals surface area contributed by atoms with Gasteiger partial charge in [-0.1, -0.05) is 86.7 Å². The Morgan fingerprint density at radius 1 is 0.821 bits per heavy atom. The molecule has 1 N–H and O–H groups in total. The zero-order valence-corrected chi connectivity index (χ0v) is 18.4. The zero-order valence-electron chi connectivity index (χ0n) is 17.4. The van der Waals surface area contributed by atoms with Crippen molar-refractivity contribution in [2.24, 2.45) is 17.8 Å². The highest BCUT2D eigenvalue weighted by atomic mass is 28.4. The van der Waals surface area contributed by atoms with E-state index in [2.05, 4.69) is 74.5 Å². The van der Waals surface area contributed by atoms with Crippen LogP contribution in [0.1, 0.15) is 52.4 Å². The van der Waals surface area contributed by atoms with E-state index < -0.39 is 8.32 Å². The van der Waals surface area contributed by atoms with Crippen LogP contribution in [0.4, 0.5) is 0 Å². The molecule has 0 heterocycles. The van der Waals surface area contributed by atoms with Crippen LogP contribution in [-0.2, 0) is 0 Å². The summed E-state index contributed by atoms with van der Waals surface area (Å²) in [6.07, 6.45) is 12.4. The van der Waals surface area contributed by atoms with Gasteiger partial charge in [0.25, 0.3) is 8.32 Å². The lowest BCUT2D eigenvalue weighted by molar-refractivity contribution is 0.436. The second kappa shape index (κ2) is 8.00. The minimum Gasteiger partial charge on any atom is -0.424 e. The molecule has 0 spiro atoms. The molecule has 2 aliphatic rings. The standard InChI is InChI=1S/C26H34OSi/c1-26(2,20-19-25-23-17-11-3-4-12-18-24(23)25)28(27,21-13-7-5-8-14-21)22-15-9-6-10-16-22/h3-10,13-16,23-25,27H,11-12,17-20H2,1-2H3/b4-3+/t23-,24+,25?. The average Bonchev–Trinajstić information content (AvgIpc) is 3.36. The van der Waals surface area contributed by atoms with Crippen molar-refractivity contribution in [1.82, 2.24) is 0 Å². The van der Waals surface area contributed by atoms with Crippen molar-refractivity contribution in [3.63, 3.8) is 0 Å². The van der Waals surface area contributed by atoms with Crippen LogP contribution in [0.2, 0.25) is 5.04 Å². The molecule has 1 nitrogen and oxygen atoms in total. The first kappa shape index (κ1) is 19.7. The summed E-state index contributed by atoms with van der Waals surface area (Å²) in [5, 5.41) is 2.17. The van der Waals surface area contributed by atoms with E-state index >= 15 is 0 Å². The minimum absolute atomic E-state index is 0.105. The Morgan fingerprint density at radius 2 is 1.29 bits per heavy atom. The van der Waals surface area contributed by atoms with Crippen molar-refractivity contribution in [2.45, 2.75) is 57.4 Å². The summed E-state index contributed by atoms with van der Waals surface area (Å²) in [5.74, 6) is 2.75. The van der Waals surface area contributed by atoms with Crippen LogP contribution in [0.5, 0.6) is 0 Å². The van der Waals surface area contributed by atoms with Crippen LogP contribution in [-0.4, -0.2) is 13.1 Å². The van der Waals surface area contributed by atoms with Crippen molar-refractivity contribution >= 4 is 18.7 Å². The number of hydrogen-bond acceptors (Lipinski definition) is 1. The van der Waals surface area contributed by atoms with E-state index in [-0.39, 0.29) is 5.04 Å². The minimum atomic E-state index is -2.85. The summed E-state index contributed by atoms with van der Waals surface area (Å²) in [6.45, 7) is 4.62. The van der Waals surface area contributed by atoms with Crippen molar-refractivity contribution in [2.75, 3.05) is 0 Å². The maximum absolute atomic E-state index is 12.3. The van der Waals surface area contributed by atoms with E-state index in [1.54, 1.807) is 0 Å². The Labute approximate surface area is 171 Å². The van der Waals surface area contributed by atoms with Gasteiger partial charge in [0.15, 0.2) is 0 Å². The van der Waals surface area contributed by atoms with Gasteiger partial charge >= 0.3 is 0 Å². The van der Waals surface area contributed by atoms with Crippen LogP contribution in [0, 0.1) is 17.8 Å². The van der Waals surface area contributed by atoms with E-state index in [4.69, 9.17) is 0 Å². The molecule has 2 heteroatoms. The molecule has 1 unspecified atom stereocenters. The van der Waals surface area contributed by atoms with Crippen molar-refractivity contribution in [3.8, 4) is 0 Å². The largest absolute Gasteiger partial charge is 0.424 e. The third-order valence-corrected chi connectivity index (χ3v) is 12.0. The smallest absolute Gasteiger partial charge is 0.258 e. The van der Waals surface area contributed by atoms with Crippen molar-refractivity contribution < 1.29 is 4.80 Å². The highest BCUT2D eigenvalue weighted by Crippen LogP contribution is 2.57. The summed E-state index contributed by atoms with van der Waals surface area (Å²) in [5.41, 5.74) is 0. The molecule has 2 aromatic rings. The molecule has 0 radical (unpaired) electrons. The van der Waals surface area contributed by atoms with Crippen LogP contribution >= 0.6 is 0 Å². The van der Waals surface area contributed by atoms with Gasteiger partial charge in [0, 0.05) is 0 Å². The van der Waals surface area contributed by atoms with Crippen LogP contribution in [0.25, 0.3) is 0 Å². The molecule has 1 saturated carbocycles. The molecule has 3 atom stereocenters. The first-order valence-electron chi connectivity index (χ1n) is 11.0. The fraction of sp³-hybridized carbons (Fsp3) is 0.462. The molecular formula is C26H34OSi. The monoisotopic (exact) mass is 390 g/mol. The Bertz CT molecular complexity index is 740. The third-order valence-electron chi connectivity index (χ3n) is 7.47. The van der Waals surface area contributed by atoms with E-state index in [0.29, 0.717) is 0 Å². The van der Waals surface area contributed by atoms with Gasteiger partial charge in [-0.25, -0.2) is 0 Å². The van der Waals surface area contributed by atoms with Gasteiger partial charge in [0.2, 0.25) is 0 Å². The van der Waals surface area contributed by atoms with Crippen LogP contribution in [0.15, 0.2) is 72.8 Å². The summed E-state index contributed by atoms with van der Waals surface area (Å²) >= 11 is 0. The summed E-state index contributed by atoms with van der Waals surface area (Å²) in [6, 6.07) is 20.9. The van der Waals surface area contributed by atoms with E-state index in [1.807, 2.05) is 12.1 Å². The van der Waals surface area contributed by atoms with Gasteiger partial charge in [-0.3, -0.25) is 0 Å². The highest BCUT2D eigenvalue weighted by Gasteiger charge is 2.53. The Hall–Kier alpha value is -1.64. The number of fused-ring (bicyclic) bond motifs is 1. The summed E-state index contributed by atoms with van der Waals surface area (Å²) in [7, 11) is -2.85. The van der Waals surface area contributed by atoms with Gasteiger partial charge in [0.1, 0.15) is 0 Å². The van der Waals surface area contributed by atoms with Gasteiger partial charge in [0.05, 0.1) is 0 Å². The van der Waals surface area contributed by atoms with E-state index in [1.165, 1.54) is 32.1 Å². The maximum Gasteiger partial charge on any atom is 0.258 e. The second-order valence-electron chi connectivity index (χ2n) is 9.48. The quantitative estimate of drug-likeness (QED) is 0.525. The molecule has 1 fully saturated rings. The van der Waals surface area contributed by atoms with Gasteiger partial charge in [-0.2, -0.15) is 0 Å². The molecule has 148 valence electrons. The molecule has 0 bridgehead atoms. The molecule has 0 saturated heterocycles. The zero-order chi connectivity index (χ0) is 19.6. The second-order valence-corrected chi connectivity index (χ2v) is 13.4. The molecule has 4 rings (SSSR count). The number of allylic oxidation sites excluding steroid dienone is 2. The fourth-order valence-corrected chi connectivity index (χ4v) is 9.39. The molecule has 0 aliphatic heterocycles. The molecule has 2 aromatic carbocycles. The number of benzene rings is 2. The number of rotatable bonds is 6. The first-order chi connectivity index (χ1) is 13.5. The molecule has 28 heavy (non-hydrogen) atoms. The van der Waals surface area contributed by atoms with E-state index in [9.17, 15) is 4.80 Å². The Balaban J connectivity index is 1.56. The molecule has 0 aromatic heterocycles. The predicted molar refractivity (Wildman–Crippen MR) is 121 cm³/mol. The van der Waals surface area contributed by atoms with E-state index in [0.717, 1.165) is 34.5 Å². The normalized spacial score (nSPS) is 26.0. The summed E-state index contributed by atoms with van der Waals surface area (Å²) < 4.78 is 0. The Kier molecular flexibility index (Phi) is 5.62. The van der Waals surface area contributed by atoms with Crippen LogP contribution < -0.4 is 10.4 Å². The van der Waals surface area contributed by atoms with Crippen LogP contribution in [0.3, 0.4) is 0 Å². The predicted octanol–water partition coefficient (Wildman–Crippen LogP) is 5.29. The molecule has 2 aliphatic carbocycles. The van der Waals surface area contributed by atoms with Crippen molar-refractivity contribution in [1.29, 1.82) is 0 Å². The highest BCUT2D eigenvalue weighted by molar-refractivity contribution is 6.98. The molecule has 0 amide bonds. The average molecular weight is 391 g/mol. The lowest BCUT2D eigenvalue weighted by Crippen LogP contribution is -2.65. The lowest BCUT2D eigenvalue weighted by atomic mass is 10.0. The van der Waals surface area contributed by atoms with Gasteiger partial charge in [-0.15, -0.1) is 0 Å². The maximum atomic E-state index is 12.3. The lowest BCUT2D eigenvalue weighted by Gasteiger charge is -2.41.